The van der Waals surface area contributed by atoms with Gasteiger partial charge in [-0.25, -0.2) is 4.98 Å². The number of amides is 2. The highest BCUT2D eigenvalue weighted by molar-refractivity contribution is 5.97. The van der Waals surface area contributed by atoms with Gasteiger partial charge in [-0.15, -0.1) is 0 Å². The fourth-order valence-corrected chi connectivity index (χ4v) is 3.20. The standard InChI is InChI=1S/C19H20N4O2/c20-18(24)16-9-12-3-1-2-4-14(12)11-23(16)19(25)13-5-8-17(21-10-13)22-15-6-7-15/h1-5,8,10,15-16H,6-7,9,11H2,(H2,20,24)(H,21,22)/t16-/m0/s1. The van der Waals surface area contributed by atoms with Crippen molar-refractivity contribution in [3.63, 3.8) is 0 Å². The van der Waals surface area contributed by atoms with Gasteiger partial charge in [-0.05, 0) is 36.1 Å². The molecule has 25 heavy (non-hydrogen) atoms. The van der Waals surface area contributed by atoms with Crippen LogP contribution in [0.3, 0.4) is 0 Å². The third-order valence-corrected chi connectivity index (χ3v) is 4.78. The Labute approximate surface area is 146 Å². The molecular formula is C19H20N4O2. The molecular weight excluding hydrogens is 316 g/mol. The van der Waals surface area contributed by atoms with Gasteiger partial charge in [0.15, 0.2) is 0 Å². The first-order valence-electron chi connectivity index (χ1n) is 8.51. The highest BCUT2D eigenvalue weighted by atomic mass is 16.2. The van der Waals surface area contributed by atoms with E-state index >= 15 is 0 Å². The minimum atomic E-state index is -0.633. The van der Waals surface area contributed by atoms with Gasteiger partial charge in [-0.2, -0.15) is 0 Å². The molecule has 1 aliphatic carbocycles. The number of carbonyl (C=O) groups excluding carboxylic acids is 2. The van der Waals surface area contributed by atoms with Crippen LogP contribution in [0.1, 0.15) is 34.3 Å². The Balaban J connectivity index is 1.57. The number of carbonyl (C=O) groups is 2. The molecule has 0 radical (unpaired) electrons. The highest BCUT2D eigenvalue weighted by Gasteiger charge is 2.33. The molecule has 1 aromatic heterocycles. The van der Waals surface area contributed by atoms with Crippen molar-refractivity contribution in [3.05, 3.63) is 59.3 Å². The predicted molar refractivity (Wildman–Crippen MR) is 93.9 cm³/mol. The van der Waals surface area contributed by atoms with Crippen molar-refractivity contribution in [2.24, 2.45) is 5.73 Å². The van der Waals surface area contributed by atoms with E-state index in [0.717, 1.165) is 29.8 Å². The largest absolute Gasteiger partial charge is 0.368 e. The van der Waals surface area contributed by atoms with Gasteiger partial charge in [0.25, 0.3) is 5.91 Å². The Morgan fingerprint density at radius 1 is 1.12 bits per heavy atom. The van der Waals surface area contributed by atoms with E-state index in [1.54, 1.807) is 17.2 Å². The molecule has 0 unspecified atom stereocenters. The van der Waals surface area contributed by atoms with E-state index in [4.69, 9.17) is 5.73 Å². The van der Waals surface area contributed by atoms with Crippen LogP contribution >= 0.6 is 0 Å². The van der Waals surface area contributed by atoms with Crippen LogP contribution in [0.4, 0.5) is 5.82 Å². The normalized spacial score (nSPS) is 19.2. The van der Waals surface area contributed by atoms with Crippen molar-refractivity contribution in [3.8, 4) is 0 Å². The van der Waals surface area contributed by atoms with Crippen LogP contribution in [0, 0.1) is 0 Å². The zero-order chi connectivity index (χ0) is 17.4. The minimum Gasteiger partial charge on any atom is -0.368 e. The number of hydrogen-bond acceptors (Lipinski definition) is 4. The summed E-state index contributed by atoms with van der Waals surface area (Å²) in [5.74, 6) is 0.0705. The van der Waals surface area contributed by atoms with Crippen molar-refractivity contribution in [1.29, 1.82) is 0 Å². The van der Waals surface area contributed by atoms with Crippen LogP contribution in [0.2, 0.25) is 0 Å². The third-order valence-electron chi connectivity index (χ3n) is 4.78. The lowest BCUT2D eigenvalue weighted by Gasteiger charge is -2.35. The number of hydrogen-bond donors (Lipinski definition) is 2. The summed E-state index contributed by atoms with van der Waals surface area (Å²) in [4.78, 5) is 30.7. The van der Waals surface area contributed by atoms with E-state index in [-0.39, 0.29) is 5.91 Å². The maximum absolute atomic E-state index is 12.9. The Bertz CT molecular complexity index is 814. The predicted octanol–water partition coefficient (Wildman–Crippen LogP) is 1.71. The minimum absolute atomic E-state index is 0.219. The molecule has 2 heterocycles. The second kappa shape index (κ2) is 6.20. The lowest BCUT2D eigenvalue weighted by atomic mass is 9.93. The van der Waals surface area contributed by atoms with E-state index in [0.29, 0.717) is 24.6 Å². The lowest BCUT2D eigenvalue weighted by Crippen LogP contribution is -2.51. The van der Waals surface area contributed by atoms with Crippen molar-refractivity contribution in [1.82, 2.24) is 9.88 Å². The third kappa shape index (κ3) is 3.20. The average Bonchev–Trinajstić information content (AvgIpc) is 3.44. The van der Waals surface area contributed by atoms with Crippen LogP contribution in [0.15, 0.2) is 42.6 Å². The summed E-state index contributed by atoms with van der Waals surface area (Å²) in [6.45, 7) is 0.380. The van der Waals surface area contributed by atoms with Crippen LogP contribution in [-0.2, 0) is 17.8 Å². The zero-order valence-corrected chi connectivity index (χ0v) is 13.8. The molecule has 6 nitrogen and oxygen atoms in total. The number of nitrogens with zero attached hydrogens (tertiary/aromatic N) is 2. The number of pyridine rings is 1. The van der Waals surface area contributed by atoms with E-state index < -0.39 is 11.9 Å². The Morgan fingerprint density at radius 3 is 2.52 bits per heavy atom. The first-order valence-corrected chi connectivity index (χ1v) is 8.51. The van der Waals surface area contributed by atoms with Crippen LogP contribution in [-0.4, -0.2) is 33.8 Å². The van der Waals surface area contributed by atoms with Crippen molar-refractivity contribution < 1.29 is 9.59 Å². The number of fused-ring (bicyclic) bond motifs is 1. The van der Waals surface area contributed by atoms with Gasteiger partial charge < -0.3 is 16.0 Å². The molecule has 0 spiro atoms. The summed E-state index contributed by atoms with van der Waals surface area (Å²) in [6, 6.07) is 11.3. The number of nitrogens with one attached hydrogen (secondary N) is 1. The van der Waals surface area contributed by atoms with Gasteiger partial charge in [0, 0.05) is 25.2 Å². The Kier molecular flexibility index (Phi) is 3.87. The summed E-state index contributed by atoms with van der Waals surface area (Å²) >= 11 is 0. The Hall–Kier alpha value is -2.89. The first-order chi connectivity index (χ1) is 12.1. The van der Waals surface area contributed by atoms with Crippen molar-refractivity contribution >= 4 is 17.6 Å². The van der Waals surface area contributed by atoms with E-state index in [2.05, 4.69) is 10.3 Å². The van der Waals surface area contributed by atoms with E-state index in [1.807, 2.05) is 30.3 Å². The molecule has 1 saturated carbocycles. The summed E-state index contributed by atoms with van der Waals surface area (Å²) in [7, 11) is 0. The van der Waals surface area contributed by atoms with Gasteiger partial charge in [0.2, 0.25) is 5.91 Å². The topological polar surface area (TPSA) is 88.3 Å². The number of anilines is 1. The SMILES string of the molecule is NC(=O)[C@@H]1Cc2ccccc2CN1C(=O)c1ccc(NC2CC2)nc1. The number of rotatable bonds is 4. The number of aromatic nitrogens is 1. The van der Waals surface area contributed by atoms with E-state index in [1.165, 1.54) is 0 Å². The van der Waals surface area contributed by atoms with Gasteiger partial charge in [0.05, 0.1) is 5.56 Å². The summed E-state index contributed by atoms with van der Waals surface area (Å²) in [6.07, 6.45) is 4.34. The number of primary amides is 1. The molecule has 2 aromatic rings. The summed E-state index contributed by atoms with van der Waals surface area (Å²) < 4.78 is 0. The summed E-state index contributed by atoms with van der Waals surface area (Å²) in [5.41, 5.74) is 8.14. The second-order valence-electron chi connectivity index (χ2n) is 6.67. The second-order valence-corrected chi connectivity index (χ2v) is 6.67. The van der Waals surface area contributed by atoms with Gasteiger partial charge in [-0.1, -0.05) is 24.3 Å². The molecule has 1 atom stereocenters. The van der Waals surface area contributed by atoms with Gasteiger partial charge in [0.1, 0.15) is 11.9 Å². The Morgan fingerprint density at radius 2 is 1.88 bits per heavy atom. The van der Waals surface area contributed by atoms with E-state index in [9.17, 15) is 9.59 Å². The molecule has 6 heteroatoms. The smallest absolute Gasteiger partial charge is 0.256 e. The molecule has 1 fully saturated rings. The molecule has 0 saturated heterocycles. The van der Waals surface area contributed by atoms with Crippen LogP contribution < -0.4 is 11.1 Å². The molecule has 4 rings (SSSR count). The summed E-state index contributed by atoms with van der Waals surface area (Å²) in [5, 5.41) is 3.29. The maximum Gasteiger partial charge on any atom is 0.256 e. The number of benzene rings is 1. The molecule has 1 aliphatic heterocycles. The molecule has 1 aromatic carbocycles. The molecule has 2 aliphatic rings. The van der Waals surface area contributed by atoms with Crippen LogP contribution in [0.25, 0.3) is 0 Å². The molecule has 2 amide bonds. The highest BCUT2D eigenvalue weighted by Crippen LogP contribution is 2.26. The van der Waals surface area contributed by atoms with Gasteiger partial charge in [-0.3, -0.25) is 9.59 Å². The molecule has 128 valence electrons. The average molecular weight is 336 g/mol. The lowest BCUT2D eigenvalue weighted by molar-refractivity contribution is -0.122. The first kappa shape index (κ1) is 15.6. The molecule has 3 N–H and O–H groups in total. The molecule has 0 bridgehead atoms. The fraction of sp³-hybridized carbons (Fsp3) is 0.316. The van der Waals surface area contributed by atoms with Gasteiger partial charge >= 0.3 is 0 Å². The maximum atomic E-state index is 12.9. The quantitative estimate of drug-likeness (QED) is 0.889. The number of nitrogens with two attached hydrogens (primary N) is 1. The zero-order valence-electron chi connectivity index (χ0n) is 13.8. The van der Waals surface area contributed by atoms with Crippen LogP contribution in [0.5, 0.6) is 0 Å². The van der Waals surface area contributed by atoms with Crippen molar-refractivity contribution in [2.45, 2.75) is 37.9 Å². The fourth-order valence-electron chi connectivity index (χ4n) is 3.20. The monoisotopic (exact) mass is 336 g/mol. The van der Waals surface area contributed by atoms with Crippen molar-refractivity contribution in [2.75, 3.05) is 5.32 Å².